The monoisotopic (exact) mass is 344 g/mol. The van der Waals surface area contributed by atoms with Crippen LogP contribution in [0.1, 0.15) is 27.4 Å². The highest BCUT2D eigenvalue weighted by atomic mass is 32.2. The fraction of sp³-hybridized carbons (Fsp3) is 0.316. The van der Waals surface area contributed by atoms with Crippen LogP contribution in [0.5, 0.6) is 0 Å². The number of rotatable bonds is 4. The molecule has 0 unspecified atom stereocenters. The van der Waals surface area contributed by atoms with Gasteiger partial charge in [0, 0.05) is 36.4 Å². The maximum atomic E-state index is 13.8. The van der Waals surface area contributed by atoms with Gasteiger partial charge >= 0.3 is 0 Å². The van der Waals surface area contributed by atoms with Crippen molar-refractivity contribution in [3.63, 3.8) is 0 Å². The molecule has 1 heterocycles. The molecule has 0 bridgehead atoms. The molecule has 5 heteroatoms. The van der Waals surface area contributed by atoms with Gasteiger partial charge in [-0.25, -0.2) is 4.39 Å². The van der Waals surface area contributed by atoms with E-state index in [1.165, 1.54) is 17.8 Å². The normalized spacial score (nSPS) is 20.4. The molecule has 1 aliphatic heterocycles. The van der Waals surface area contributed by atoms with Crippen LogP contribution in [0, 0.1) is 5.82 Å². The summed E-state index contributed by atoms with van der Waals surface area (Å²) in [4.78, 5) is 14.6. The average molecular weight is 344 g/mol. The number of halogens is 1. The van der Waals surface area contributed by atoms with E-state index in [9.17, 15) is 9.18 Å². The summed E-state index contributed by atoms with van der Waals surface area (Å²) in [7, 11) is 0. The molecule has 24 heavy (non-hydrogen) atoms. The topological polar surface area (TPSA) is 46.3 Å². The Morgan fingerprint density at radius 3 is 2.71 bits per heavy atom. The molecule has 0 spiro atoms. The molecule has 3 rings (SSSR count). The van der Waals surface area contributed by atoms with Gasteiger partial charge in [-0.1, -0.05) is 30.3 Å². The molecule has 2 aromatic rings. The lowest BCUT2D eigenvalue weighted by atomic mass is 9.95. The van der Waals surface area contributed by atoms with E-state index < -0.39 is 0 Å². The first-order valence-electron chi connectivity index (χ1n) is 7.97. The fourth-order valence-electron chi connectivity index (χ4n) is 3.20. The first kappa shape index (κ1) is 17.0. The third kappa shape index (κ3) is 3.47. The molecular formula is C19H21FN2OS. The molecule has 2 aromatic carbocycles. The van der Waals surface area contributed by atoms with Gasteiger partial charge in [0.05, 0.1) is 0 Å². The van der Waals surface area contributed by atoms with Gasteiger partial charge in [0.15, 0.2) is 0 Å². The van der Waals surface area contributed by atoms with Gasteiger partial charge in [0.25, 0.3) is 5.91 Å². The van der Waals surface area contributed by atoms with E-state index in [0.717, 1.165) is 5.56 Å². The molecule has 0 saturated carbocycles. The van der Waals surface area contributed by atoms with E-state index in [1.54, 1.807) is 17.0 Å². The zero-order valence-electron chi connectivity index (χ0n) is 13.6. The lowest BCUT2D eigenvalue weighted by Crippen LogP contribution is -2.32. The van der Waals surface area contributed by atoms with E-state index in [4.69, 9.17) is 5.73 Å². The first-order chi connectivity index (χ1) is 11.6. The number of nitrogens with two attached hydrogens (primary N) is 1. The summed E-state index contributed by atoms with van der Waals surface area (Å²) in [6.07, 6.45) is 1.91. The van der Waals surface area contributed by atoms with Crippen molar-refractivity contribution in [2.45, 2.75) is 17.7 Å². The highest BCUT2D eigenvalue weighted by Crippen LogP contribution is 2.28. The minimum absolute atomic E-state index is 0.0776. The molecule has 0 aromatic heterocycles. The number of benzene rings is 2. The van der Waals surface area contributed by atoms with Gasteiger partial charge in [-0.05, 0) is 35.6 Å². The summed E-state index contributed by atoms with van der Waals surface area (Å²) < 4.78 is 13.8. The van der Waals surface area contributed by atoms with Crippen molar-refractivity contribution in [1.82, 2.24) is 4.90 Å². The predicted molar refractivity (Wildman–Crippen MR) is 96.7 cm³/mol. The Morgan fingerprint density at radius 1 is 1.25 bits per heavy atom. The van der Waals surface area contributed by atoms with E-state index in [1.807, 2.05) is 36.6 Å². The van der Waals surface area contributed by atoms with Crippen LogP contribution in [0.4, 0.5) is 4.39 Å². The summed E-state index contributed by atoms with van der Waals surface area (Å²) >= 11 is 1.53. The average Bonchev–Trinajstić information content (AvgIpc) is 2.99. The summed E-state index contributed by atoms with van der Waals surface area (Å²) in [5.41, 5.74) is 8.51. The van der Waals surface area contributed by atoms with Crippen molar-refractivity contribution < 1.29 is 9.18 Å². The van der Waals surface area contributed by atoms with Crippen LogP contribution in [-0.2, 0) is 5.75 Å². The molecule has 1 amide bonds. The van der Waals surface area contributed by atoms with Crippen molar-refractivity contribution in [3.05, 3.63) is 71.0 Å². The highest BCUT2D eigenvalue weighted by molar-refractivity contribution is 7.97. The molecule has 2 N–H and O–H groups in total. The number of carbonyl (C=O) groups is 1. The second-order valence-corrected chi connectivity index (χ2v) is 7.00. The zero-order valence-corrected chi connectivity index (χ0v) is 14.4. The third-order valence-electron chi connectivity index (χ3n) is 4.47. The highest BCUT2D eigenvalue weighted by Gasteiger charge is 2.34. The van der Waals surface area contributed by atoms with Gasteiger partial charge in [-0.3, -0.25) is 4.79 Å². The molecule has 1 fully saturated rings. The van der Waals surface area contributed by atoms with Crippen molar-refractivity contribution in [2.24, 2.45) is 5.73 Å². The van der Waals surface area contributed by atoms with Crippen LogP contribution < -0.4 is 5.73 Å². The van der Waals surface area contributed by atoms with Crippen LogP contribution in [0.3, 0.4) is 0 Å². The minimum Gasteiger partial charge on any atom is -0.336 e. The number of thioether (sulfide) groups is 1. The smallest absolute Gasteiger partial charge is 0.253 e. The summed E-state index contributed by atoms with van der Waals surface area (Å²) in [6, 6.07) is 14.6. The van der Waals surface area contributed by atoms with Crippen LogP contribution in [0.2, 0.25) is 0 Å². The number of hydrogen-bond donors (Lipinski definition) is 1. The Labute approximate surface area is 146 Å². The van der Waals surface area contributed by atoms with E-state index in [-0.39, 0.29) is 23.7 Å². The number of likely N-dealkylation sites (tertiary alicyclic amines) is 1. The van der Waals surface area contributed by atoms with Gasteiger partial charge < -0.3 is 10.6 Å². The fourth-order valence-corrected chi connectivity index (χ4v) is 3.74. The van der Waals surface area contributed by atoms with Gasteiger partial charge in [0.1, 0.15) is 5.82 Å². The molecule has 3 nitrogen and oxygen atoms in total. The predicted octanol–water partition coefficient (Wildman–Crippen LogP) is 3.26. The summed E-state index contributed by atoms with van der Waals surface area (Å²) in [5.74, 6) is 0.354. The van der Waals surface area contributed by atoms with Crippen molar-refractivity contribution >= 4 is 17.7 Å². The molecule has 126 valence electrons. The van der Waals surface area contributed by atoms with Crippen LogP contribution in [-0.4, -0.2) is 36.2 Å². The van der Waals surface area contributed by atoms with Gasteiger partial charge in [-0.2, -0.15) is 11.8 Å². The van der Waals surface area contributed by atoms with Crippen LogP contribution in [0.15, 0.2) is 48.5 Å². The molecule has 0 radical (unpaired) electrons. The van der Waals surface area contributed by atoms with E-state index in [0.29, 0.717) is 30.0 Å². The van der Waals surface area contributed by atoms with Crippen LogP contribution >= 0.6 is 11.8 Å². The Balaban J connectivity index is 1.78. The quantitative estimate of drug-likeness (QED) is 0.926. The molecular weight excluding hydrogens is 323 g/mol. The largest absolute Gasteiger partial charge is 0.336 e. The van der Waals surface area contributed by atoms with E-state index in [2.05, 4.69) is 0 Å². The molecule has 2 atom stereocenters. The Hall–Kier alpha value is -1.85. The lowest BCUT2D eigenvalue weighted by molar-refractivity contribution is 0.0789. The van der Waals surface area contributed by atoms with Crippen molar-refractivity contribution in [1.29, 1.82) is 0 Å². The molecule has 0 aliphatic carbocycles. The third-order valence-corrected chi connectivity index (χ3v) is 5.07. The number of carbonyl (C=O) groups excluding carboxylic acids is 1. The van der Waals surface area contributed by atoms with Gasteiger partial charge in [-0.15, -0.1) is 0 Å². The van der Waals surface area contributed by atoms with E-state index >= 15 is 0 Å². The molecule has 1 aliphatic rings. The van der Waals surface area contributed by atoms with Crippen molar-refractivity contribution in [3.8, 4) is 0 Å². The SMILES string of the molecule is CSCc1cc(C(=O)N2C[C@@H](N)[C@H](c3ccccc3)C2)ccc1F. The molecule has 1 saturated heterocycles. The number of amides is 1. The maximum Gasteiger partial charge on any atom is 0.253 e. The van der Waals surface area contributed by atoms with Crippen LogP contribution in [0.25, 0.3) is 0 Å². The Kier molecular flexibility index (Phi) is 5.21. The summed E-state index contributed by atoms with van der Waals surface area (Å²) in [5, 5.41) is 0. The Bertz CT molecular complexity index is 723. The number of nitrogens with zero attached hydrogens (tertiary/aromatic N) is 1. The first-order valence-corrected chi connectivity index (χ1v) is 9.36. The summed E-state index contributed by atoms with van der Waals surface area (Å²) in [6.45, 7) is 1.12. The lowest BCUT2D eigenvalue weighted by Gasteiger charge is -2.17. The number of hydrogen-bond acceptors (Lipinski definition) is 3. The Morgan fingerprint density at radius 2 is 2.00 bits per heavy atom. The second kappa shape index (κ2) is 7.36. The van der Waals surface area contributed by atoms with Crippen molar-refractivity contribution in [2.75, 3.05) is 19.3 Å². The standard InChI is InChI=1S/C19H21FN2OS/c1-24-12-15-9-14(7-8-17(15)20)19(23)22-10-16(18(21)11-22)13-5-3-2-4-6-13/h2-9,16,18H,10-12,21H2,1H3/t16-,18+/m0/s1. The minimum atomic E-state index is -0.263. The second-order valence-electron chi connectivity index (χ2n) is 6.13. The van der Waals surface area contributed by atoms with Gasteiger partial charge in [0.2, 0.25) is 0 Å². The zero-order chi connectivity index (χ0) is 17.1. The maximum absolute atomic E-state index is 13.8.